The van der Waals surface area contributed by atoms with E-state index in [0.29, 0.717) is 0 Å². The van der Waals surface area contributed by atoms with E-state index in [1.54, 1.807) is 0 Å². The summed E-state index contributed by atoms with van der Waals surface area (Å²) in [5.74, 6) is 2.68. The second-order valence-electron chi connectivity index (χ2n) is 39.3. The zero-order chi connectivity index (χ0) is 86.3. The van der Waals surface area contributed by atoms with Crippen LogP contribution in [-0.2, 0) is 67.3 Å². The molecule has 0 aliphatic heterocycles. The molecule has 10 aromatic carbocycles. The number of hydrogen-bond donors (Lipinski definition) is 0. The molecule has 0 saturated heterocycles. The second-order valence-corrected chi connectivity index (χ2v) is 39.3. The van der Waals surface area contributed by atoms with Crippen LogP contribution in [0.25, 0.3) is 111 Å². The highest BCUT2D eigenvalue weighted by atomic mass is 15.0. The Balaban J connectivity index is 0.000000125. The Kier molecular flexibility index (Phi) is 27.5. The van der Waals surface area contributed by atoms with Crippen molar-refractivity contribution in [2.45, 2.75) is 213 Å². The predicted octanol–water partition coefficient (Wildman–Crippen LogP) is 27.8. The maximum atomic E-state index is 2.43. The van der Waals surface area contributed by atoms with Crippen molar-refractivity contribution in [3.8, 4) is 56.3 Å². The molecule has 0 atom stereocenters. The Labute approximate surface area is 732 Å². The van der Waals surface area contributed by atoms with Gasteiger partial charge in [0.05, 0.1) is 0 Å². The van der Waals surface area contributed by atoms with Crippen molar-refractivity contribution in [1.82, 2.24) is 0 Å². The van der Waals surface area contributed by atoms with Crippen LogP contribution >= 0.6 is 0 Å². The Morgan fingerprint density at radius 3 is 0.943 bits per heavy atom. The van der Waals surface area contributed by atoms with E-state index in [0.717, 1.165) is 30.6 Å². The summed E-state index contributed by atoms with van der Waals surface area (Å²) < 4.78 is 11.8. The molecule has 626 valence electrons. The molecule has 5 aromatic heterocycles. The van der Waals surface area contributed by atoms with Crippen LogP contribution in [0, 0.1) is 90.9 Å². The summed E-state index contributed by atoms with van der Waals surface area (Å²) in [6.07, 6.45) is 22.8. The monoisotopic (exact) mass is 1610 g/mol. The molecule has 0 bridgehead atoms. The maximum Gasteiger partial charge on any atom is 0.213 e. The standard InChI is InChI=1S/C25H30N.C24H28N.C23H26N.C23H28N.C22H26N/c1-17-13-18(2)19(3)23(14-17)24-12-11-22-10-9-21(16-25(22)26(24)4)15-20-7-5-6-8-20;1-17-8-9-18(2)22(14-17)23-13-12-21-11-10-20(16-24(21)25(23)3)15-19-6-4-5-7-19;1-17-7-3-6-10-21(17)22-14-13-20-12-11-19(16-23(20)24(22)2)15-18-8-4-5-9-18;1-16-11-12-17(2)20(13-16)22-14-18(15-23(3,4)5)19-9-7-8-10-21(19)24(22)6;1-16-10-6-7-11-18(16)21-14-17(15-22(2,3)4)19-12-8-9-13-20(19)23(21)5/h9-14,16,20H,5-8,15H2,1-4H3;8-14,16,19H,4-7,15H2,1-3H3;3,6-7,10-14,16,18H,4-5,8-9,15H2,1-2H3;7-14H,15H2,1-6H3;6-14H,15H2,1-5H3/q5*+1. The van der Waals surface area contributed by atoms with Gasteiger partial charge in [-0.1, -0.05) is 244 Å². The summed E-state index contributed by atoms with van der Waals surface area (Å²) in [6.45, 7) is 33.6. The van der Waals surface area contributed by atoms with Crippen LogP contribution < -0.4 is 22.8 Å². The fourth-order valence-corrected chi connectivity index (χ4v) is 20.1. The predicted molar refractivity (Wildman–Crippen MR) is 519 cm³/mol. The summed E-state index contributed by atoms with van der Waals surface area (Å²) in [7, 11) is 11.0. The third kappa shape index (κ3) is 20.8. The molecule has 3 aliphatic carbocycles. The van der Waals surface area contributed by atoms with E-state index >= 15 is 0 Å². The van der Waals surface area contributed by atoms with Crippen molar-refractivity contribution in [2.24, 2.45) is 63.8 Å². The maximum absolute atomic E-state index is 2.43. The van der Waals surface area contributed by atoms with Crippen molar-refractivity contribution >= 4 is 54.5 Å². The lowest BCUT2D eigenvalue weighted by Crippen LogP contribution is -2.33. The van der Waals surface area contributed by atoms with Crippen LogP contribution in [0.4, 0.5) is 0 Å². The van der Waals surface area contributed by atoms with Crippen LogP contribution in [0.5, 0.6) is 0 Å². The number of para-hydroxylation sites is 2. The summed E-state index contributed by atoms with van der Waals surface area (Å²) in [6, 6.07) is 92.4. The summed E-state index contributed by atoms with van der Waals surface area (Å²) in [5.41, 5.74) is 39.7. The third-order valence-electron chi connectivity index (χ3n) is 27.0. The fraction of sp³-hybridized carbons (Fsp3) is 0.359. The van der Waals surface area contributed by atoms with Crippen LogP contribution in [0.15, 0.2) is 249 Å². The van der Waals surface area contributed by atoms with Crippen molar-refractivity contribution in [3.63, 3.8) is 0 Å². The minimum atomic E-state index is 0.265. The topological polar surface area (TPSA) is 19.4 Å². The van der Waals surface area contributed by atoms with E-state index in [1.165, 1.54) is 285 Å². The molecule has 3 fully saturated rings. The zero-order valence-corrected chi connectivity index (χ0v) is 77.7. The molecule has 15 aromatic rings. The lowest BCUT2D eigenvalue weighted by Gasteiger charge is -2.20. The molecule has 0 N–H and O–H groups in total. The normalized spacial score (nSPS) is 13.9. The molecule has 3 aliphatic rings. The van der Waals surface area contributed by atoms with Gasteiger partial charge in [0.25, 0.3) is 0 Å². The van der Waals surface area contributed by atoms with Gasteiger partial charge in [-0.05, 0) is 263 Å². The van der Waals surface area contributed by atoms with E-state index in [1.807, 2.05) is 0 Å². The highest BCUT2D eigenvalue weighted by Crippen LogP contribution is 2.37. The van der Waals surface area contributed by atoms with E-state index in [-0.39, 0.29) is 10.8 Å². The van der Waals surface area contributed by atoms with E-state index < -0.39 is 0 Å². The molecule has 0 unspecified atom stereocenters. The van der Waals surface area contributed by atoms with E-state index in [2.05, 4.69) is 411 Å². The van der Waals surface area contributed by atoms with Gasteiger partial charge in [-0.3, -0.25) is 0 Å². The average molecular weight is 1610 g/mol. The molecule has 5 heterocycles. The van der Waals surface area contributed by atoms with Crippen molar-refractivity contribution in [1.29, 1.82) is 0 Å². The van der Waals surface area contributed by atoms with Gasteiger partial charge in [0.15, 0.2) is 0 Å². The molecule has 0 spiro atoms. The van der Waals surface area contributed by atoms with Gasteiger partial charge in [0.1, 0.15) is 35.2 Å². The minimum Gasteiger partial charge on any atom is -0.194 e. The first kappa shape index (κ1) is 87.6. The number of pyridine rings is 5. The zero-order valence-electron chi connectivity index (χ0n) is 77.7. The smallest absolute Gasteiger partial charge is 0.194 e. The molecule has 18 rings (SSSR count). The van der Waals surface area contributed by atoms with Crippen molar-refractivity contribution in [2.75, 3.05) is 0 Å². The van der Waals surface area contributed by atoms with Crippen LogP contribution in [0.3, 0.4) is 0 Å². The molecular formula is C117H138N5+5. The molecule has 3 saturated carbocycles. The van der Waals surface area contributed by atoms with Gasteiger partial charge in [-0.15, -0.1) is 0 Å². The van der Waals surface area contributed by atoms with Crippen LogP contribution in [-0.4, -0.2) is 0 Å². The summed E-state index contributed by atoms with van der Waals surface area (Å²) >= 11 is 0. The largest absolute Gasteiger partial charge is 0.213 e. The number of fused-ring (bicyclic) bond motifs is 5. The van der Waals surface area contributed by atoms with Gasteiger partial charge in [-0.25, -0.2) is 0 Å². The lowest BCUT2D eigenvalue weighted by molar-refractivity contribution is -0.633. The number of aromatic nitrogens is 5. The number of nitrogens with zero attached hydrogens (tertiary/aromatic N) is 5. The molecule has 5 heteroatoms. The van der Waals surface area contributed by atoms with E-state index in [4.69, 9.17) is 0 Å². The second kappa shape index (κ2) is 38.3. The van der Waals surface area contributed by atoms with Gasteiger partial charge in [-0.2, -0.15) is 22.8 Å². The SMILES string of the molecule is Cc1cc(C)c(C)c(-c2ccc3ccc(CC4CCCC4)cc3[n+]2C)c1.Cc1ccc(C)c(-c2cc(CC(C)(C)C)c3ccccc3[n+]2C)c1.Cc1ccc(C)c(-c2ccc3ccc(CC4CCCC4)cc3[n+]2C)c1.Cc1ccccc1-c1cc(CC(C)(C)C)c2ccccc2[n+]1C.Cc1ccccc1-c1ccc2ccc(CC3CCCC3)cc2[n+]1C. The first-order chi connectivity index (χ1) is 58.5. The molecule has 122 heavy (non-hydrogen) atoms. The lowest BCUT2D eigenvalue weighted by atomic mass is 9.86. The third-order valence-corrected chi connectivity index (χ3v) is 27.0. The Hall–Kier alpha value is -10.8. The highest BCUT2D eigenvalue weighted by Gasteiger charge is 2.28. The van der Waals surface area contributed by atoms with Crippen LogP contribution in [0.1, 0.15) is 196 Å². The van der Waals surface area contributed by atoms with Gasteiger partial charge in [0.2, 0.25) is 56.1 Å². The quantitative estimate of drug-likeness (QED) is 0.103. The van der Waals surface area contributed by atoms with Gasteiger partial charge in [0, 0.05) is 115 Å². The van der Waals surface area contributed by atoms with Gasteiger partial charge < -0.3 is 0 Å². The van der Waals surface area contributed by atoms with Gasteiger partial charge >= 0.3 is 0 Å². The average Bonchev–Trinajstić information content (AvgIpc) is 0.852. The first-order valence-corrected chi connectivity index (χ1v) is 45.9. The highest BCUT2D eigenvalue weighted by molar-refractivity contribution is 5.85. The molecule has 0 amide bonds. The van der Waals surface area contributed by atoms with Crippen molar-refractivity contribution in [3.05, 3.63) is 327 Å². The van der Waals surface area contributed by atoms with Crippen LogP contribution in [0.2, 0.25) is 0 Å². The number of rotatable bonds is 13. The number of aryl methyl sites for hydroxylation is 13. The molecular weight excluding hydrogens is 1480 g/mol. The van der Waals surface area contributed by atoms with E-state index in [9.17, 15) is 0 Å². The van der Waals surface area contributed by atoms with Crippen molar-refractivity contribution < 1.29 is 22.8 Å². The summed E-state index contributed by atoms with van der Waals surface area (Å²) in [5, 5.41) is 6.71. The Bertz CT molecular complexity index is 6270. The first-order valence-electron chi connectivity index (χ1n) is 45.9. The fourth-order valence-electron chi connectivity index (χ4n) is 20.1. The Morgan fingerprint density at radius 2 is 0.557 bits per heavy atom. The number of benzene rings is 10. The molecule has 5 nitrogen and oxygen atoms in total. The summed E-state index contributed by atoms with van der Waals surface area (Å²) in [4.78, 5) is 0. The minimum absolute atomic E-state index is 0.265. The number of hydrogen-bond acceptors (Lipinski definition) is 0. The molecule has 0 radical (unpaired) electrons. The Morgan fingerprint density at radius 1 is 0.254 bits per heavy atom.